The number of aliphatic carboxylic acids is 1. The van der Waals surface area contributed by atoms with Crippen LogP contribution in [0, 0.1) is 0 Å². The number of carboxylic acids is 1. The van der Waals surface area contributed by atoms with Crippen LogP contribution in [0.15, 0.2) is 54.6 Å². The molecule has 0 radical (unpaired) electrons. The number of nitrogens with zero attached hydrogens (tertiary/aromatic N) is 1. The molecular weight excluding hydrogens is 314 g/mol. The van der Waals surface area contributed by atoms with Crippen molar-refractivity contribution in [1.29, 1.82) is 0 Å². The number of halogens is 1. The summed E-state index contributed by atoms with van der Waals surface area (Å²) < 4.78 is 6.08. The molecule has 0 spiro atoms. The van der Waals surface area contributed by atoms with Gasteiger partial charge in [-0.1, -0.05) is 41.9 Å². The number of hydrogen-bond donors (Lipinski definition) is 1. The molecule has 1 N–H and O–H groups in total. The van der Waals surface area contributed by atoms with Crippen LogP contribution in [0.2, 0.25) is 5.02 Å². The fraction of sp³-hybridized carbons (Fsp3) is 0.278. The van der Waals surface area contributed by atoms with Crippen molar-refractivity contribution in [3.05, 3.63) is 65.2 Å². The van der Waals surface area contributed by atoms with Crippen molar-refractivity contribution in [3.63, 3.8) is 0 Å². The van der Waals surface area contributed by atoms with Crippen molar-refractivity contribution >= 4 is 17.6 Å². The lowest BCUT2D eigenvalue weighted by Gasteiger charge is -2.22. The van der Waals surface area contributed by atoms with Crippen LogP contribution in [0.3, 0.4) is 0 Å². The van der Waals surface area contributed by atoms with Gasteiger partial charge in [0.2, 0.25) is 0 Å². The Balaban J connectivity index is 2.06. The van der Waals surface area contributed by atoms with E-state index in [0.717, 1.165) is 11.3 Å². The zero-order valence-corrected chi connectivity index (χ0v) is 13.7. The van der Waals surface area contributed by atoms with E-state index in [9.17, 15) is 4.79 Å². The van der Waals surface area contributed by atoms with Gasteiger partial charge in [0.25, 0.3) is 0 Å². The molecule has 0 heterocycles. The number of rotatable bonds is 8. The van der Waals surface area contributed by atoms with Crippen molar-refractivity contribution < 1.29 is 14.6 Å². The van der Waals surface area contributed by atoms with Gasteiger partial charge in [0, 0.05) is 18.0 Å². The van der Waals surface area contributed by atoms with Crippen molar-refractivity contribution in [2.24, 2.45) is 0 Å². The number of likely N-dealkylation sites (N-methyl/N-ethyl adjacent to an activating group) is 1. The van der Waals surface area contributed by atoms with Crippen LogP contribution in [0.25, 0.3) is 0 Å². The van der Waals surface area contributed by atoms with Gasteiger partial charge in [0.05, 0.1) is 6.54 Å². The molecule has 0 amide bonds. The highest BCUT2D eigenvalue weighted by molar-refractivity contribution is 6.30. The molecule has 122 valence electrons. The molecule has 0 unspecified atom stereocenters. The van der Waals surface area contributed by atoms with E-state index in [0.29, 0.717) is 18.0 Å². The maximum Gasteiger partial charge on any atom is 0.317 e. The standard InChI is InChI=1S/C18H20ClNO3/c1-20(13-18(21)22)12-11-17(14-5-3-2-4-6-14)23-16-9-7-15(19)8-10-16/h2-10,17H,11-13H2,1H3,(H,21,22)/t17-/m0/s1. The SMILES string of the molecule is CN(CC[C@H](Oc1ccc(Cl)cc1)c1ccccc1)CC(=O)O. The third-order valence-electron chi connectivity index (χ3n) is 3.44. The Morgan fingerprint density at radius 1 is 1.17 bits per heavy atom. The van der Waals surface area contributed by atoms with Crippen LogP contribution >= 0.6 is 11.6 Å². The molecule has 0 bridgehead atoms. The van der Waals surface area contributed by atoms with E-state index in [1.807, 2.05) is 42.5 Å². The summed E-state index contributed by atoms with van der Waals surface area (Å²) >= 11 is 5.90. The van der Waals surface area contributed by atoms with Crippen molar-refractivity contribution in [3.8, 4) is 5.75 Å². The number of carboxylic acid groups (broad SMARTS) is 1. The van der Waals surface area contributed by atoms with E-state index in [1.165, 1.54) is 0 Å². The average Bonchev–Trinajstić information content (AvgIpc) is 2.53. The normalized spacial score (nSPS) is 12.1. The van der Waals surface area contributed by atoms with Crippen molar-refractivity contribution in [1.82, 2.24) is 4.90 Å². The van der Waals surface area contributed by atoms with E-state index in [-0.39, 0.29) is 12.6 Å². The highest BCUT2D eigenvalue weighted by Gasteiger charge is 2.15. The summed E-state index contributed by atoms with van der Waals surface area (Å²) in [7, 11) is 1.79. The van der Waals surface area contributed by atoms with Gasteiger partial charge in [0.15, 0.2) is 0 Å². The lowest BCUT2D eigenvalue weighted by atomic mass is 10.1. The minimum Gasteiger partial charge on any atom is -0.486 e. The van der Waals surface area contributed by atoms with Gasteiger partial charge >= 0.3 is 5.97 Å². The Morgan fingerprint density at radius 2 is 1.83 bits per heavy atom. The monoisotopic (exact) mass is 333 g/mol. The Bertz CT molecular complexity index is 616. The second kappa shape index (κ2) is 8.56. The largest absolute Gasteiger partial charge is 0.486 e. The van der Waals surface area contributed by atoms with Gasteiger partial charge < -0.3 is 9.84 Å². The molecule has 0 fully saturated rings. The predicted octanol–water partition coefficient (Wildman–Crippen LogP) is 3.87. The van der Waals surface area contributed by atoms with E-state index >= 15 is 0 Å². The lowest BCUT2D eigenvalue weighted by molar-refractivity contribution is -0.138. The van der Waals surface area contributed by atoms with Gasteiger partial charge in [0.1, 0.15) is 11.9 Å². The van der Waals surface area contributed by atoms with Crippen molar-refractivity contribution in [2.75, 3.05) is 20.1 Å². The second-order valence-electron chi connectivity index (χ2n) is 5.39. The first-order valence-corrected chi connectivity index (χ1v) is 7.80. The Hall–Kier alpha value is -2.04. The molecule has 4 nitrogen and oxygen atoms in total. The predicted molar refractivity (Wildman–Crippen MR) is 91.0 cm³/mol. The van der Waals surface area contributed by atoms with E-state index in [4.69, 9.17) is 21.4 Å². The summed E-state index contributed by atoms with van der Waals surface area (Å²) in [5.74, 6) is -0.0912. The van der Waals surface area contributed by atoms with Gasteiger partial charge in [-0.3, -0.25) is 9.69 Å². The zero-order valence-electron chi connectivity index (χ0n) is 13.0. The third kappa shape index (κ3) is 5.93. The van der Waals surface area contributed by atoms with Gasteiger partial charge in [-0.2, -0.15) is 0 Å². The minimum atomic E-state index is -0.831. The Labute approximate surface area is 141 Å². The average molecular weight is 334 g/mol. The minimum absolute atomic E-state index is 0.0163. The summed E-state index contributed by atoms with van der Waals surface area (Å²) in [5, 5.41) is 9.50. The Kier molecular flexibility index (Phi) is 6.44. The molecular formula is C18H20ClNO3. The lowest BCUT2D eigenvalue weighted by Crippen LogP contribution is -2.28. The number of carbonyl (C=O) groups is 1. The van der Waals surface area contributed by atoms with Crippen LogP contribution < -0.4 is 4.74 Å². The maximum atomic E-state index is 10.8. The van der Waals surface area contributed by atoms with Gasteiger partial charge in [-0.05, 0) is 36.9 Å². The molecule has 0 saturated carbocycles. The summed E-state index contributed by atoms with van der Waals surface area (Å²) in [6.45, 7) is 0.641. The molecule has 1 atom stereocenters. The van der Waals surface area contributed by atoms with Crippen LogP contribution in [-0.4, -0.2) is 36.1 Å². The van der Waals surface area contributed by atoms with Crippen LogP contribution in [0.4, 0.5) is 0 Å². The summed E-state index contributed by atoms with van der Waals surface area (Å²) in [6.07, 6.45) is 0.546. The molecule has 0 saturated heterocycles. The highest BCUT2D eigenvalue weighted by Crippen LogP contribution is 2.26. The highest BCUT2D eigenvalue weighted by atomic mass is 35.5. The van der Waals surface area contributed by atoms with Crippen LogP contribution in [0.5, 0.6) is 5.75 Å². The topological polar surface area (TPSA) is 49.8 Å². The first kappa shape index (κ1) is 17.3. The van der Waals surface area contributed by atoms with E-state index < -0.39 is 5.97 Å². The number of hydrogen-bond acceptors (Lipinski definition) is 3. The van der Waals surface area contributed by atoms with Crippen LogP contribution in [0.1, 0.15) is 18.1 Å². The first-order valence-electron chi connectivity index (χ1n) is 7.42. The molecule has 0 aliphatic carbocycles. The fourth-order valence-electron chi connectivity index (χ4n) is 2.29. The first-order chi connectivity index (χ1) is 11.0. The molecule has 2 aromatic carbocycles. The molecule has 2 rings (SSSR count). The fourth-order valence-corrected chi connectivity index (χ4v) is 2.41. The molecule has 0 aliphatic heterocycles. The van der Waals surface area contributed by atoms with Gasteiger partial charge in [-0.15, -0.1) is 0 Å². The van der Waals surface area contributed by atoms with E-state index in [2.05, 4.69) is 0 Å². The molecule has 23 heavy (non-hydrogen) atoms. The number of ether oxygens (including phenoxy) is 1. The molecule has 5 heteroatoms. The summed E-state index contributed by atoms with van der Waals surface area (Å²) in [4.78, 5) is 12.5. The van der Waals surface area contributed by atoms with Crippen LogP contribution in [-0.2, 0) is 4.79 Å². The molecule has 2 aromatic rings. The van der Waals surface area contributed by atoms with E-state index in [1.54, 1.807) is 24.1 Å². The summed E-state index contributed by atoms with van der Waals surface area (Å²) in [6, 6.07) is 17.2. The summed E-state index contributed by atoms with van der Waals surface area (Å²) in [5.41, 5.74) is 1.06. The molecule has 0 aromatic heterocycles. The number of benzene rings is 2. The smallest absolute Gasteiger partial charge is 0.317 e. The third-order valence-corrected chi connectivity index (χ3v) is 3.69. The Morgan fingerprint density at radius 3 is 2.43 bits per heavy atom. The quantitative estimate of drug-likeness (QED) is 0.796. The van der Waals surface area contributed by atoms with Crippen molar-refractivity contribution in [2.45, 2.75) is 12.5 Å². The molecule has 0 aliphatic rings. The van der Waals surface area contributed by atoms with Gasteiger partial charge in [-0.25, -0.2) is 0 Å². The zero-order chi connectivity index (χ0) is 16.7. The second-order valence-corrected chi connectivity index (χ2v) is 5.83. The maximum absolute atomic E-state index is 10.8.